The van der Waals surface area contributed by atoms with Crippen LogP contribution in [-0.2, 0) is 4.74 Å². The molecular weight excluding hydrogens is 268 g/mol. The maximum atomic E-state index is 9.82. The van der Waals surface area contributed by atoms with Gasteiger partial charge in [0.15, 0.2) is 0 Å². The van der Waals surface area contributed by atoms with Gasteiger partial charge in [-0.3, -0.25) is 0 Å². The van der Waals surface area contributed by atoms with Crippen molar-refractivity contribution < 1.29 is 9.84 Å². The van der Waals surface area contributed by atoms with Gasteiger partial charge in [-0.1, -0.05) is 13.8 Å². The summed E-state index contributed by atoms with van der Waals surface area (Å²) in [6.45, 7) is 7.53. The van der Waals surface area contributed by atoms with Crippen molar-refractivity contribution >= 4 is 11.6 Å². The highest BCUT2D eigenvalue weighted by Gasteiger charge is 2.33. The minimum atomic E-state index is -0.351. The second-order valence-corrected chi connectivity index (χ2v) is 5.98. The summed E-state index contributed by atoms with van der Waals surface area (Å²) in [7, 11) is 1.86. The number of hydrogen-bond acceptors (Lipinski definition) is 6. The van der Waals surface area contributed by atoms with Crippen molar-refractivity contribution in [2.75, 3.05) is 37.5 Å². The van der Waals surface area contributed by atoms with Crippen LogP contribution in [0.2, 0.25) is 0 Å². The van der Waals surface area contributed by atoms with Crippen LogP contribution in [-0.4, -0.2) is 47.5 Å². The average molecular weight is 294 g/mol. The molecule has 0 bridgehead atoms. The minimum absolute atomic E-state index is 0.0751. The van der Waals surface area contributed by atoms with Crippen LogP contribution in [0, 0.1) is 6.92 Å². The summed E-state index contributed by atoms with van der Waals surface area (Å²) in [6.07, 6.45) is 1.55. The molecule has 6 nitrogen and oxygen atoms in total. The molecule has 0 amide bonds. The standard InChI is InChI=1S/C15H26N4O2/c1-10(2)12-17-13(16-4)11(3)14(18-12)19-15(9-20)5-7-21-8-6-15/h10,20H,5-9H2,1-4H3,(H2,16,17,18,19). The summed E-state index contributed by atoms with van der Waals surface area (Å²) in [5.74, 6) is 2.68. The van der Waals surface area contributed by atoms with Crippen molar-refractivity contribution in [1.82, 2.24) is 9.97 Å². The highest BCUT2D eigenvalue weighted by molar-refractivity contribution is 5.58. The maximum absolute atomic E-state index is 9.82. The molecule has 3 N–H and O–H groups in total. The van der Waals surface area contributed by atoms with Gasteiger partial charge in [0.25, 0.3) is 0 Å². The van der Waals surface area contributed by atoms with E-state index < -0.39 is 0 Å². The van der Waals surface area contributed by atoms with E-state index in [1.54, 1.807) is 0 Å². The molecule has 1 aliphatic rings. The molecule has 1 saturated heterocycles. The first-order valence-electron chi connectivity index (χ1n) is 7.54. The highest BCUT2D eigenvalue weighted by atomic mass is 16.5. The summed E-state index contributed by atoms with van der Waals surface area (Å²) in [4.78, 5) is 9.20. The molecule has 6 heteroatoms. The van der Waals surface area contributed by atoms with Gasteiger partial charge in [0.05, 0.1) is 12.1 Å². The average Bonchev–Trinajstić information content (AvgIpc) is 2.50. The van der Waals surface area contributed by atoms with Gasteiger partial charge in [0.2, 0.25) is 0 Å². The van der Waals surface area contributed by atoms with Gasteiger partial charge in [0, 0.05) is 31.7 Å². The Morgan fingerprint density at radius 3 is 2.38 bits per heavy atom. The molecule has 1 fully saturated rings. The maximum Gasteiger partial charge on any atom is 0.135 e. The number of ether oxygens (including phenoxy) is 1. The summed E-state index contributed by atoms with van der Waals surface area (Å²) in [6, 6.07) is 0. The van der Waals surface area contributed by atoms with E-state index in [0.29, 0.717) is 13.2 Å². The van der Waals surface area contributed by atoms with Crippen LogP contribution in [0.1, 0.15) is 44.0 Å². The van der Waals surface area contributed by atoms with Gasteiger partial charge in [-0.05, 0) is 19.8 Å². The molecule has 1 aliphatic heterocycles. The van der Waals surface area contributed by atoms with Gasteiger partial charge < -0.3 is 20.5 Å². The molecule has 0 spiro atoms. The quantitative estimate of drug-likeness (QED) is 0.770. The predicted octanol–water partition coefficient (Wildman–Crippen LogP) is 1.90. The van der Waals surface area contributed by atoms with Gasteiger partial charge in [-0.25, -0.2) is 9.97 Å². The Kier molecular flexibility index (Phi) is 5.00. The summed E-state index contributed by atoms with van der Waals surface area (Å²) in [5, 5.41) is 16.4. The second-order valence-electron chi connectivity index (χ2n) is 5.98. The monoisotopic (exact) mass is 294 g/mol. The zero-order chi connectivity index (χ0) is 15.5. The van der Waals surface area contributed by atoms with E-state index in [9.17, 15) is 5.11 Å². The molecule has 0 aliphatic carbocycles. The largest absolute Gasteiger partial charge is 0.394 e. The lowest BCUT2D eigenvalue weighted by atomic mass is 9.91. The fourth-order valence-corrected chi connectivity index (χ4v) is 2.49. The van der Waals surface area contributed by atoms with Crippen molar-refractivity contribution in [3.8, 4) is 0 Å². The fraction of sp³-hybridized carbons (Fsp3) is 0.733. The number of hydrogen-bond donors (Lipinski definition) is 3. The number of nitrogens with zero attached hydrogens (tertiary/aromatic N) is 2. The van der Waals surface area contributed by atoms with Crippen molar-refractivity contribution in [1.29, 1.82) is 0 Å². The van der Waals surface area contributed by atoms with Crippen molar-refractivity contribution in [3.63, 3.8) is 0 Å². The molecule has 21 heavy (non-hydrogen) atoms. The Bertz CT molecular complexity index is 485. The van der Waals surface area contributed by atoms with Crippen LogP contribution in [0.5, 0.6) is 0 Å². The van der Waals surface area contributed by atoms with E-state index in [0.717, 1.165) is 35.9 Å². The van der Waals surface area contributed by atoms with Crippen LogP contribution in [0.4, 0.5) is 11.6 Å². The van der Waals surface area contributed by atoms with Crippen LogP contribution in [0.3, 0.4) is 0 Å². The first-order chi connectivity index (χ1) is 10.0. The number of aliphatic hydroxyl groups excluding tert-OH is 1. The molecule has 2 rings (SSSR count). The Morgan fingerprint density at radius 2 is 1.86 bits per heavy atom. The Balaban J connectivity index is 2.35. The van der Waals surface area contributed by atoms with Crippen molar-refractivity contribution in [2.24, 2.45) is 0 Å². The fourth-order valence-electron chi connectivity index (χ4n) is 2.49. The van der Waals surface area contributed by atoms with Crippen molar-refractivity contribution in [2.45, 2.75) is 45.1 Å². The number of aliphatic hydroxyl groups is 1. The molecule has 0 atom stereocenters. The zero-order valence-corrected chi connectivity index (χ0v) is 13.4. The van der Waals surface area contributed by atoms with Gasteiger partial charge in [-0.15, -0.1) is 0 Å². The number of nitrogens with one attached hydrogen (secondary N) is 2. The van der Waals surface area contributed by atoms with Crippen LogP contribution < -0.4 is 10.6 Å². The lowest BCUT2D eigenvalue weighted by Crippen LogP contribution is -2.47. The molecule has 0 radical (unpaired) electrons. The second kappa shape index (κ2) is 6.58. The predicted molar refractivity (Wildman–Crippen MR) is 83.9 cm³/mol. The number of rotatable bonds is 5. The molecule has 0 aromatic carbocycles. The smallest absolute Gasteiger partial charge is 0.135 e. The first-order valence-corrected chi connectivity index (χ1v) is 7.54. The Labute approximate surface area is 126 Å². The van der Waals surface area contributed by atoms with E-state index in [1.807, 2.05) is 14.0 Å². The lowest BCUT2D eigenvalue weighted by Gasteiger charge is -2.37. The van der Waals surface area contributed by atoms with Gasteiger partial charge in [0.1, 0.15) is 17.5 Å². The minimum Gasteiger partial charge on any atom is -0.394 e. The normalized spacial score (nSPS) is 17.8. The van der Waals surface area contributed by atoms with Crippen molar-refractivity contribution in [3.05, 3.63) is 11.4 Å². The molecule has 118 valence electrons. The molecule has 0 saturated carbocycles. The third-order valence-corrected chi connectivity index (χ3v) is 4.05. The van der Waals surface area contributed by atoms with Crippen LogP contribution in [0.15, 0.2) is 0 Å². The third-order valence-electron chi connectivity index (χ3n) is 4.05. The van der Waals surface area contributed by atoms with E-state index >= 15 is 0 Å². The topological polar surface area (TPSA) is 79.3 Å². The molecule has 2 heterocycles. The molecule has 1 aromatic heterocycles. The van der Waals surface area contributed by atoms with Crippen LogP contribution >= 0.6 is 0 Å². The number of anilines is 2. The van der Waals surface area contributed by atoms with E-state index in [4.69, 9.17) is 4.74 Å². The lowest BCUT2D eigenvalue weighted by molar-refractivity contribution is 0.0378. The van der Waals surface area contributed by atoms with E-state index in [-0.39, 0.29) is 18.1 Å². The Hall–Kier alpha value is -1.40. The van der Waals surface area contributed by atoms with E-state index in [2.05, 4.69) is 34.4 Å². The van der Waals surface area contributed by atoms with Crippen LogP contribution in [0.25, 0.3) is 0 Å². The Morgan fingerprint density at radius 1 is 1.24 bits per heavy atom. The van der Waals surface area contributed by atoms with Gasteiger partial charge >= 0.3 is 0 Å². The SMILES string of the molecule is CNc1nc(C(C)C)nc(NC2(CO)CCOCC2)c1C. The summed E-state index contributed by atoms with van der Waals surface area (Å²) >= 11 is 0. The molecule has 0 unspecified atom stereocenters. The van der Waals surface area contributed by atoms with E-state index in [1.165, 1.54) is 0 Å². The number of aromatic nitrogens is 2. The first kappa shape index (κ1) is 16.0. The molecule has 1 aromatic rings. The summed E-state index contributed by atoms with van der Waals surface area (Å²) < 4.78 is 5.41. The third kappa shape index (κ3) is 3.44. The molecular formula is C15H26N4O2. The summed E-state index contributed by atoms with van der Waals surface area (Å²) in [5.41, 5.74) is 0.623. The highest BCUT2D eigenvalue weighted by Crippen LogP contribution is 2.29. The van der Waals surface area contributed by atoms with Gasteiger partial charge in [-0.2, -0.15) is 0 Å². The zero-order valence-electron chi connectivity index (χ0n) is 13.4.